The van der Waals surface area contributed by atoms with E-state index in [0.717, 1.165) is 63.9 Å². The van der Waals surface area contributed by atoms with Crippen LogP contribution in [0.3, 0.4) is 0 Å². The summed E-state index contributed by atoms with van der Waals surface area (Å²) in [5.74, 6) is 1.82. The zero-order chi connectivity index (χ0) is 15.5. The predicted molar refractivity (Wildman–Crippen MR) is 86.1 cm³/mol. The maximum atomic E-state index is 6.24. The van der Waals surface area contributed by atoms with Crippen molar-refractivity contribution < 1.29 is 9.15 Å². The molecule has 2 aromatic heterocycles. The molecule has 0 aliphatic carbocycles. The summed E-state index contributed by atoms with van der Waals surface area (Å²) in [4.78, 5) is 13.5. The Kier molecular flexibility index (Phi) is 4.01. The molecule has 4 rings (SSSR count). The maximum Gasteiger partial charge on any atom is 0.225 e. The van der Waals surface area contributed by atoms with Crippen molar-refractivity contribution >= 4 is 5.95 Å². The Balaban J connectivity index is 1.46. The van der Waals surface area contributed by atoms with Gasteiger partial charge in [0.05, 0.1) is 31.6 Å². The molecule has 0 radical (unpaired) electrons. The third-order valence-corrected chi connectivity index (χ3v) is 4.66. The summed E-state index contributed by atoms with van der Waals surface area (Å²) in [6, 6.07) is 5.83. The molecule has 6 nitrogen and oxygen atoms in total. The van der Waals surface area contributed by atoms with Gasteiger partial charge in [0.2, 0.25) is 5.95 Å². The first-order valence-electron chi connectivity index (χ1n) is 8.24. The Morgan fingerprint density at radius 1 is 1.13 bits per heavy atom. The van der Waals surface area contributed by atoms with Crippen LogP contribution >= 0.6 is 0 Å². The number of hydrogen-bond acceptors (Lipinski definition) is 6. The molecule has 0 bridgehead atoms. The van der Waals surface area contributed by atoms with Crippen LogP contribution in [-0.2, 0) is 11.3 Å². The SMILES string of the molecule is c1cnc(N2CCCC3(CN(Cc4ccco4)CCO3)C2)nc1. The topological polar surface area (TPSA) is 54.6 Å². The molecule has 0 amide bonds. The van der Waals surface area contributed by atoms with Crippen molar-refractivity contribution in [1.82, 2.24) is 14.9 Å². The number of hydrogen-bond donors (Lipinski definition) is 0. The van der Waals surface area contributed by atoms with Crippen LogP contribution in [0.15, 0.2) is 41.3 Å². The lowest BCUT2D eigenvalue weighted by Gasteiger charge is -2.47. The van der Waals surface area contributed by atoms with Crippen molar-refractivity contribution in [3.05, 3.63) is 42.6 Å². The molecular weight excluding hydrogens is 292 g/mol. The third kappa shape index (κ3) is 3.23. The van der Waals surface area contributed by atoms with Gasteiger partial charge in [0.25, 0.3) is 0 Å². The van der Waals surface area contributed by atoms with Gasteiger partial charge < -0.3 is 14.1 Å². The first-order chi connectivity index (χ1) is 11.3. The maximum absolute atomic E-state index is 6.24. The molecule has 1 unspecified atom stereocenters. The van der Waals surface area contributed by atoms with E-state index in [-0.39, 0.29) is 5.60 Å². The van der Waals surface area contributed by atoms with Gasteiger partial charge in [-0.1, -0.05) is 0 Å². The second kappa shape index (κ2) is 6.29. The fraction of sp³-hybridized carbons (Fsp3) is 0.529. The minimum absolute atomic E-state index is 0.123. The molecule has 23 heavy (non-hydrogen) atoms. The fourth-order valence-corrected chi connectivity index (χ4v) is 3.65. The summed E-state index contributed by atoms with van der Waals surface area (Å²) in [5.41, 5.74) is -0.123. The Morgan fingerprint density at radius 2 is 2.04 bits per heavy atom. The van der Waals surface area contributed by atoms with E-state index in [2.05, 4.69) is 19.8 Å². The predicted octanol–water partition coefficient (Wildman–Crippen LogP) is 1.94. The van der Waals surface area contributed by atoms with Gasteiger partial charge >= 0.3 is 0 Å². The van der Waals surface area contributed by atoms with E-state index < -0.39 is 0 Å². The van der Waals surface area contributed by atoms with Crippen LogP contribution in [0.1, 0.15) is 18.6 Å². The molecule has 2 aliphatic rings. The molecule has 2 fully saturated rings. The molecule has 0 saturated carbocycles. The van der Waals surface area contributed by atoms with Gasteiger partial charge in [-0.15, -0.1) is 0 Å². The Morgan fingerprint density at radius 3 is 2.87 bits per heavy atom. The summed E-state index contributed by atoms with van der Waals surface area (Å²) in [5, 5.41) is 0. The van der Waals surface area contributed by atoms with Gasteiger partial charge in [-0.05, 0) is 31.0 Å². The summed E-state index contributed by atoms with van der Waals surface area (Å²) >= 11 is 0. The summed E-state index contributed by atoms with van der Waals surface area (Å²) < 4.78 is 11.7. The summed E-state index contributed by atoms with van der Waals surface area (Å²) in [6.07, 6.45) is 7.53. The van der Waals surface area contributed by atoms with Crippen LogP contribution in [0.25, 0.3) is 0 Å². The van der Waals surface area contributed by atoms with E-state index in [1.165, 1.54) is 0 Å². The van der Waals surface area contributed by atoms with Crippen LogP contribution < -0.4 is 4.90 Å². The average molecular weight is 314 g/mol. The molecule has 0 N–H and O–H groups in total. The quantitative estimate of drug-likeness (QED) is 0.863. The lowest BCUT2D eigenvalue weighted by Crippen LogP contribution is -2.59. The zero-order valence-corrected chi connectivity index (χ0v) is 13.2. The normalized spacial score (nSPS) is 25.8. The van der Waals surface area contributed by atoms with Crippen LogP contribution in [0.5, 0.6) is 0 Å². The molecular formula is C17H22N4O2. The highest BCUT2D eigenvalue weighted by Crippen LogP contribution is 2.31. The highest BCUT2D eigenvalue weighted by molar-refractivity contribution is 5.31. The molecule has 0 aromatic carbocycles. The minimum atomic E-state index is -0.123. The molecule has 122 valence electrons. The molecule has 6 heteroatoms. The number of nitrogens with zero attached hydrogens (tertiary/aromatic N) is 4. The molecule has 1 atom stereocenters. The van der Waals surface area contributed by atoms with E-state index >= 15 is 0 Å². The Labute approximate surface area is 136 Å². The van der Waals surface area contributed by atoms with Crippen molar-refractivity contribution in [2.75, 3.05) is 37.7 Å². The van der Waals surface area contributed by atoms with Gasteiger partial charge in [0, 0.05) is 32.0 Å². The van der Waals surface area contributed by atoms with Crippen molar-refractivity contribution in [2.24, 2.45) is 0 Å². The number of aromatic nitrogens is 2. The minimum Gasteiger partial charge on any atom is -0.468 e. The summed E-state index contributed by atoms with van der Waals surface area (Å²) in [6.45, 7) is 5.34. The molecule has 2 aromatic rings. The monoisotopic (exact) mass is 314 g/mol. The fourth-order valence-electron chi connectivity index (χ4n) is 3.65. The number of ether oxygens (including phenoxy) is 1. The Hall–Kier alpha value is -1.92. The lowest BCUT2D eigenvalue weighted by atomic mass is 9.91. The summed E-state index contributed by atoms with van der Waals surface area (Å²) in [7, 11) is 0. The van der Waals surface area contributed by atoms with Gasteiger partial charge in [0.15, 0.2) is 0 Å². The molecule has 2 saturated heterocycles. The van der Waals surface area contributed by atoms with Crippen LogP contribution in [0, 0.1) is 0 Å². The second-order valence-electron chi connectivity index (χ2n) is 6.40. The highest BCUT2D eigenvalue weighted by atomic mass is 16.5. The van der Waals surface area contributed by atoms with E-state index in [4.69, 9.17) is 9.15 Å². The lowest BCUT2D eigenvalue weighted by molar-refractivity contribution is -0.117. The average Bonchev–Trinajstić information content (AvgIpc) is 3.09. The number of furan rings is 1. The van der Waals surface area contributed by atoms with Gasteiger partial charge in [-0.25, -0.2) is 9.97 Å². The first-order valence-corrected chi connectivity index (χ1v) is 8.24. The largest absolute Gasteiger partial charge is 0.468 e. The van der Waals surface area contributed by atoms with Crippen molar-refractivity contribution in [3.63, 3.8) is 0 Å². The van der Waals surface area contributed by atoms with E-state index in [0.29, 0.717) is 0 Å². The number of rotatable bonds is 3. The smallest absolute Gasteiger partial charge is 0.225 e. The van der Waals surface area contributed by atoms with Crippen molar-refractivity contribution in [2.45, 2.75) is 25.0 Å². The zero-order valence-electron chi connectivity index (χ0n) is 13.2. The number of morpholine rings is 1. The second-order valence-corrected chi connectivity index (χ2v) is 6.40. The van der Waals surface area contributed by atoms with Crippen LogP contribution in [0.2, 0.25) is 0 Å². The van der Waals surface area contributed by atoms with E-state index in [9.17, 15) is 0 Å². The molecule has 4 heterocycles. The highest BCUT2D eigenvalue weighted by Gasteiger charge is 2.41. The molecule has 2 aliphatic heterocycles. The molecule has 1 spiro atoms. The van der Waals surface area contributed by atoms with Gasteiger partial charge in [-0.2, -0.15) is 0 Å². The van der Waals surface area contributed by atoms with E-state index in [1.54, 1.807) is 18.7 Å². The van der Waals surface area contributed by atoms with Crippen LogP contribution in [0.4, 0.5) is 5.95 Å². The van der Waals surface area contributed by atoms with Crippen LogP contribution in [-0.4, -0.2) is 53.3 Å². The van der Waals surface area contributed by atoms with Gasteiger partial charge in [0.1, 0.15) is 5.76 Å². The number of piperidine rings is 1. The number of anilines is 1. The first kappa shape index (κ1) is 14.7. The Bertz CT molecular complexity index is 615. The van der Waals surface area contributed by atoms with Gasteiger partial charge in [-0.3, -0.25) is 4.90 Å². The van der Waals surface area contributed by atoms with Crippen molar-refractivity contribution in [1.29, 1.82) is 0 Å². The van der Waals surface area contributed by atoms with E-state index in [1.807, 2.05) is 18.2 Å². The third-order valence-electron chi connectivity index (χ3n) is 4.66. The van der Waals surface area contributed by atoms with Crippen molar-refractivity contribution in [3.8, 4) is 0 Å². The standard InChI is InChI=1S/C17H22N4O2/c1-4-15(22-10-1)12-20-9-11-23-17(13-20)5-2-8-21(14-17)16-18-6-3-7-19-16/h1,3-4,6-7,10H,2,5,8-9,11-14H2.